The highest BCUT2D eigenvalue weighted by Crippen LogP contribution is 2.38. The Morgan fingerprint density at radius 1 is 1.21 bits per heavy atom. The van der Waals surface area contributed by atoms with Crippen molar-refractivity contribution >= 4 is 35.4 Å². The van der Waals surface area contributed by atoms with Crippen LogP contribution in [0.15, 0.2) is 40.2 Å². The quantitative estimate of drug-likeness (QED) is 0.549. The molecule has 3 rings (SSSR count). The predicted molar refractivity (Wildman–Crippen MR) is 133 cm³/mol. The number of pyridine rings is 1. The van der Waals surface area contributed by atoms with Crippen LogP contribution in [-0.4, -0.2) is 45.2 Å². The van der Waals surface area contributed by atoms with Crippen LogP contribution in [0.3, 0.4) is 0 Å². The van der Waals surface area contributed by atoms with Gasteiger partial charge in [0.15, 0.2) is 0 Å². The van der Waals surface area contributed by atoms with Gasteiger partial charge in [-0.25, -0.2) is 4.79 Å². The van der Waals surface area contributed by atoms with Crippen LogP contribution in [0, 0.1) is 0 Å². The van der Waals surface area contributed by atoms with Crippen LogP contribution >= 0.6 is 23.4 Å². The molecule has 184 valence electrons. The van der Waals surface area contributed by atoms with E-state index in [0.29, 0.717) is 26.8 Å². The van der Waals surface area contributed by atoms with Crippen molar-refractivity contribution in [2.45, 2.75) is 63.3 Å². The number of fused-ring (bicyclic) bond motifs is 1. The zero-order chi connectivity index (χ0) is 25.3. The number of ether oxygens (including phenoxy) is 1. The van der Waals surface area contributed by atoms with Gasteiger partial charge in [0.25, 0.3) is 11.5 Å². The lowest BCUT2D eigenvalue weighted by Gasteiger charge is -2.22. The predicted octanol–water partition coefficient (Wildman–Crippen LogP) is 3.72. The number of halogens is 1. The van der Waals surface area contributed by atoms with Crippen LogP contribution in [0.25, 0.3) is 0 Å². The lowest BCUT2D eigenvalue weighted by Crippen LogP contribution is -2.40. The summed E-state index contributed by atoms with van der Waals surface area (Å²) in [5, 5.41) is 16.1. The van der Waals surface area contributed by atoms with Crippen molar-refractivity contribution in [2.75, 3.05) is 12.3 Å². The van der Waals surface area contributed by atoms with E-state index in [1.165, 1.54) is 22.5 Å². The minimum atomic E-state index is -1.09. The SMILES string of the molecule is CC(C)(O)CNC(=O)c1cn(Cc2ccc(Cl)cc2)c(=O)c2c1SC[C@@H]2NC(=O)OC(C)(C)C. The number of aromatic nitrogens is 1. The second-order valence-electron chi connectivity index (χ2n) is 9.85. The smallest absolute Gasteiger partial charge is 0.408 e. The Morgan fingerprint density at radius 3 is 2.44 bits per heavy atom. The molecule has 0 unspecified atom stereocenters. The van der Waals surface area contributed by atoms with Crippen molar-refractivity contribution in [3.63, 3.8) is 0 Å². The maximum absolute atomic E-state index is 13.5. The van der Waals surface area contributed by atoms with Crippen molar-refractivity contribution in [3.8, 4) is 0 Å². The number of hydrogen-bond donors (Lipinski definition) is 3. The summed E-state index contributed by atoms with van der Waals surface area (Å²) in [6, 6.07) is 6.47. The van der Waals surface area contributed by atoms with Crippen LogP contribution in [0.1, 0.15) is 62.1 Å². The van der Waals surface area contributed by atoms with Gasteiger partial charge in [-0.15, -0.1) is 11.8 Å². The Kier molecular flexibility index (Phi) is 7.69. The van der Waals surface area contributed by atoms with Gasteiger partial charge in [-0.05, 0) is 52.3 Å². The highest BCUT2D eigenvalue weighted by Gasteiger charge is 2.34. The van der Waals surface area contributed by atoms with Crippen LogP contribution in [0.5, 0.6) is 0 Å². The van der Waals surface area contributed by atoms with Gasteiger partial charge in [0.1, 0.15) is 5.60 Å². The molecule has 0 saturated heterocycles. The van der Waals surface area contributed by atoms with E-state index in [0.717, 1.165) is 5.56 Å². The Balaban J connectivity index is 2.00. The minimum absolute atomic E-state index is 0.0428. The van der Waals surface area contributed by atoms with E-state index in [2.05, 4.69) is 10.6 Å². The normalized spacial score (nSPS) is 15.6. The average molecular weight is 508 g/mol. The van der Waals surface area contributed by atoms with Crippen molar-refractivity contribution in [1.82, 2.24) is 15.2 Å². The molecule has 1 aromatic carbocycles. The molecule has 0 spiro atoms. The van der Waals surface area contributed by atoms with Gasteiger partial charge in [0, 0.05) is 28.4 Å². The van der Waals surface area contributed by atoms with Crippen LogP contribution < -0.4 is 16.2 Å². The molecular formula is C24H30ClN3O5S. The van der Waals surface area contributed by atoms with E-state index < -0.39 is 29.2 Å². The summed E-state index contributed by atoms with van der Waals surface area (Å²) < 4.78 is 6.81. The largest absolute Gasteiger partial charge is 0.444 e. The van der Waals surface area contributed by atoms with Crippen LogP contribution in [-0.2, 0) is 11.3 Å². The maximum Gasteiger partial charge on any atom is 0.408 e. The molecule has 3 N–H and O–H groups in total. The lowest BCUT2D eigenvalue weighted by atomic mass is 10.1. The third-order valence-corrected chi connectivity index (χ3v) is 6.37. The van der Waals surface area contributed by atoms with E-state index >= 15 is 0 Å². The molecule has 0 aliphatic carbocycles. The first-order valence-electron chi connectivity index (χ1n) is 10.9. The van der Waals surface area contributed by atoms with Crippen LogP contribution in [0.4, 0.5) is 4.79 Å². The first kappa shape index (κ1) is 26.1. The Hall–Kier alpha value is -2.49. The van der Waals surface area contributed by atoms with E-state index in [4.69, 9.17) is 16.3 Å². The molecular weight excluding hydrogens is 478 g/mol. The summed E-state index contributed by atoms with van der Waals surface area (Å²) in [5.74, 6) is -0.0192. The molecule has 0 fully saturated rings. The van der Waals surface area contributed by atoms with Gasteiger partial charge in [0.05, 0.1) is 29.3 Å². The highest BCUT2D eigenvalue weighted by molar-refractivity contribution is 7.99. The molecule has 2 amide bonds. The first-order chi connectivity index (χ1) is 15.7. The van der Waals surface area contributed by atoms with E-state index in [1.807, 2.05) is 0 Å². The first-order valence-corrected chi connectivity index (χ1v) is 12.2. The van der Waals surface area contributed by atoms with E-state index in [-0.39, 0.29) is 18.6 Å². The molecule has 1 aliphatic rings. The molecule has 0 radical (unpaired) electrons. The number of carbonyl (C=O) groups excluding carboxylic acids is 2. The molecule has 0 saturated carbocycles. The van der Waals surface area contributed by atoms with E-state index in [9.17, 15) is 19.5 Å². The number of benzene rings is 1. The van der Waals surface area contributed by atoms with Gasteiger partial charge >= 0.3 is 6.09 Å². The van der Waals surface area contributed by atoms with Gasteiger partial charge in [-0.3, -0.25) is 9.59 Å². The van der Waals surface area contributed by atoms with Crippen molar-refractivity contribution in [2.24, 2.45) is 0 Å². The third-order valence-electron chi connectivity index (χ3n) is 4.89. The summed E-state index contributed by atoms with van der Waals surface area (Å²) in [7, 11) is 0. The van der Waals surface area contributed by atoms with Gasteiger partial charge in [-0.2, -0.15) is 0 Å². The number of thioether (sulfide) groups is 1. The number of alkyl carbamates (subject to hydrolysis) is 1. The van der Waals surface area contributed by atoms with Gasteiger partial charge < -0.3 is 25.0 Å². The lowest BCUT2D eigenvalue weighted by molar-refractivity contribution is 0.0508. The summed E-state index contributed by atoms with van der Waals surface area (Å²) in [5.41, 5.74) is -0.588. The summed E-state index contributed by atoms with van der Waals surface area (Å²) in [6.07, 6.45) is 0.893. The van der Waals surface area contributed by atoms with Gasteiger partial charge in [0.2, 0.25) is 0 Å². The summed E-state index contributed by atoms with van der Waals surface area (Å²) in [4.78, 5) is 39.4. The zero-order valence-corrected chi connectivity index (χ0v) is 21.5. The number of amides is 2. The minimum Gasteiger partial charge on any atom is -0.444 e. The Morgan fingerprint density at radius 2 is 1.85 bits per heavy atom. The van der Waals surface area contributed by atoms with Gasteiger partial charge in [-0.1, -0.05) is 23.7 Å². The molecule has 8 nitrogen and oxygen atoms in total. The van der Waals surface area contributed by atoms with Crippen molar-refractivity contribution < 1.29 is 19.4 Å². The molecule has 1 aromatic heterocycles. The highest BCUT2D eigenvalue weighted by atomic mass is 35.5. The molecule has 34 heavy (non-hydrogen) atoms. The van der Waals surface area contributed by atoms with E-state index in [1.54, 1.807) is 58.9 Å². The molecule has 1 atom stereocenters. The fourth-order valence-corrected chi connectivity index (χ4v) is 4.80. The monoisotopic (exact) mass is 507 g/mol. The number of nitrogens with zero attached hydrogens (tertiary/aromatic N) is 1. The Bertz CT molecular complexity index is 1130. The molecule has 2 aromatic rings. The molecule has 1 aliphatic heterocycles. The third kappa shape index (κ3) is 6.77. The zero-order valence-electron chi connectivity index (χ0n) is 19.9. The van der Waals surface area contributed by atoms with Crippen LogP contribution in [0.2, 0.25) is 5.02 Å². The Labute approximate surface area is 208 Å². The topological polar surface area (TPSA) is 110 Å². The van der Waals surface area contributed by atoms with Crippen molar-refractivity contribution in [1.29, 1.82) is 0 Å². The fraction of sp³-hybridized carbons (Fsp3) is 0.458. The fourth-order valence-electron chi connectivity index (χ4n) is 3.40. The molecule has 0 bridgehead atoms. The number of aliphatic hydroxyl groups is 1. The standard InChI is InChI=1S/C24H30ClN3O5S/c1-23(2,3)33-22(31)27-17-12-34-19-16(20(29)26-13-24(4,5)32)11-28(21(30)18(17)19)10-14-6-8-15(25)9-7-14/h6-9,11,17,32H,10,12-13H2,1-5H3,(H,26,29)(H,27,31)/t17-/m0/s1. The van der Waals surface area contributed by atoms with Crippen molar-refractivity contribution in [3.05, 3.63) is 62.5 Å². The molecule has 10 heteroatoms. The number of carbonyl (C=O) groups is 2. The average Bonchev–Trinajstić information content (AvgIpc) is 3.11. The molecule has 2 heterocycles. The number of nitrogens with one attached hydrogen (secondary N) is 2. The number of rotatable bonds is 6. The summed E-state index contributed by atoms with van der Waals surface area (Å²) >= 11 is 7.31. The number of hydrogen-bond acceptors (Lipinski definition) is 6. The second-order valence-corrected chi connectivity index (χ2v) is 11.3. The second kappa shape index (κ2) is 10.0. The maximum atomic E-state index is 13.5. The summed E-state index contributed by atoms with van der Waals surface area (Å²) in [6.45, 7) is 8.72.